The summed E-state index contributed by atoms with van der Waals surface area (Å²) in [7, 11) is -3.95. The number of fused-ring (bicyclic) bond motifs is 1. The number of nitro groups is 1. The average molecular weight is 496 g/mol. The van der Waals surface area contributed by atoms with Crippen molar-refractivity contribution in [3.05, 3.63) is 58.3 Å². The van der Waals surface area contributed by atoms with Crippen LogP contribution in [0.2, 0.25) is 0 Å². The van der Waals surface area contributed by atoms with Gasteiger partial charge >= 0.3 is 0 Å². The standard InChI is InChI=1S/C21H22BrNO6S/c1-2-3-5-20-21(18-14-15(23(24)25)6-11-19(18)29-20)30(26,27)17-9-7-16(8-10-17)28-13-4-12-22/h6-11,14H,2-5,12-13H2,1H3. The second kappa shape index (κ2) is 9.61. The molecule has 1 heterocycles. The van der Waals surface area contributed by atoms with Crippen molar-refractivity contribution < 1.29 is 22.5 Å². The van der Waals surface area contributed by atoms with Crippen molar-refractivity contribution >= 4 is 42.4 Å². The Morgan fingerprint density at radius 2 is 1.87 bits per heavy atom. The largest absolute Gasteiger partial charge is 0.494 e. The molecule has 0 amide bonds. The van der Waals surface area contributed by atoms with Crippen molar-refractivity contribution in [2.45, 2.75) is 42.4 Å². The van der Waals surface area contributed by atoms with E-state index < -0.39 is 14.8 Å². The van der Waals surface area contributed by atoms with Crippen LogP contribution in [0.1, 0.15) is 31.9 Å². The Bertz CT molecular complexity index is 1140. The van der Waals surface area contributed by atoms with Crippen LogP contribution in [0.15, 0.2) is 56.7 Å². The first-order valence-electron chi connectivity index (χ1n) is 9.62. The molecule has 3 aromatic rings. The zero-order chi connectivity index (χ0) is 21.7. The number of hydrogen-bond donors (Lipinski definition) is 0. The molecule has 7 nitrogen and oxygen atoms in total. The minimum absolute atomic E-state index is 0.00241. The van der Waals surface area contributed by atoms with E-state index in [1.807, 2.05) is 6.92 Å². The number of nitrogens with zero attached hydrogens (tertiary/aromatic N) is 1. The van der Waals surface area contributed by atoms with Gasteiger partial charge in [0.25, 0.3) is 5.69 Å². The normalized spacial score (nSPS) is 11.7. The first kappa shape index (κ1) is 22.3. The molecule has 0 unspecified atom stereocenters. The Morgan fingerprint density at radius 3 is 2.50 bits per heavy atom. The Morgan fingerprint density at radius 1 is 1.13 bits per heavy atom. The molecule has 3 rings (SSSR count). The molecule has 0 fully saturated rings. The summed E-state index contributed by atoms with van der Waals surface area (Å²) in [5.41, 5.74) is 0.136. The van der Waals surface area contributed by atoms with Gasteiger partial charge in [0.05, 0.1) is 16.4 Å². The highest BCUT2D eigenvalue weighted by Crippen LogP contribution is 2.37. The molecular weight excluding hydrogens is 474 g/mol. The third kappa shape index (κ3) is 4.67. The molecule has 0 aliphatic rings. The van der Waals surface area contributed by atoms with Crippen molar-refractivity contribution in [3.63, 3.8) is 0 Å². The Balaban J connectivity index is 2.07. The van der Waals surface area contributed by atoms with E-state index >= 15 is 0 Å². The van der Waals surface area contributed by atoms with Gasteiger partial charge in [0, 0.05) is 29.3 Å². The van der Waals surface area contributed by atoms with Gasteiger partial charge in [-0.2, -0.15) is 0 Å². The van der Waals surface area contributed by atoms with Gasteiger partial charge in [-0.3, -0.25) is 10.1 Å². The second-order valence-corrected chi connectivity index (χ2v) is 9.44. The highest BCUT2D eigenvalue weighted by Gasteiger charge is 2.29. The topological polar surface area (TPSA) is 99.6 Å². The summed E-state index contributed by atoms with van der Waals surface area (Å²) < 4.78 is 38.3. The van der Waals surface area contributed by atoms with Crippen LogP contribution in [-0.2, 0) is 16.3 Å². The molecule has 0 atom stereocenters. The summed E-state index contributed by atoms with van der Waals surface area (Å²) in [6.07, 6.45) is 2.86. The van der Waals surface area contributed by atoms with Gasteiger partial charge in [-0.15, -0.1) is 0 Å². The maximum absolute atomic E-state index is 13.5. The molecule has 0 spiro atoms. The number of benzene rings is 2. The van der Waals surface area contributed by atoms with E-state index in [-0.39, 0.29) is 20.9 Å². The Labute approximate surface area is 183 Å². The van der Waals surface area contributed by atoms with Crippen LogP contribution in [0.3, 0.4) is 0 Å². The predicted molar refractivity (Wildman–Crippen MR) is 117 cm³/mol. The summed E-state index contributed by atoms with van der Waals surface area (Å²) >= 11 is 3.33. The summed E-state index contributed by atoms with van der Waals surface area (Å²) in [5, 5.41) is 12.3. The van der Waals surface area contributed by atoms with Gasteiger partial charge in [-0.05, 0) is 43.2 Å². The van der Waals surface area contributed by atoms with Crippen molar-refractivity contribution in [1.82, 2.24) is 0 Å². The van der Waals surface area contributed by atoms with Crippen LogP contribution in [0.5, 0.6) is 5.75 Å². The molecular formula is C21H22BrNO6S. The number of ether oxygens (including phenoxy) is 1. The Hall–Kier alpha value is -2.39. The molecule has 9 heteroatoms. The molecule has 2 aromatic carbocycles. The molecule has 0 N–H and O–H groups in total. The van der Waals surface area contributed by atoms with Gasteiger partial charge in [0.15, 0.2) is 0 Å². The fourth-order valence-corrected chi connectivity index (χ4v) is 4.95. The SMILES string of the molecule is CCCCc1oc2ccc([N+](=O)[O-])cc2c1S(=O)(=O)c1ccc(OCCCBr)cc1. The van der Waals surface area contributed by atoms with Crippen LogP contribution in [0, 0.1) is 10.1 Å². The number of hydrogen-bond acceptors (Lipinski definition) is 6. The average Bonchev–Trinajstić information content (AvgIpc) is 3.11. The molecule has 160 valence electrons. The second-order valence-electron chi connectivity index (χ2n) is 6.76. The maximum Gasteiger partial charge on any atom is 0.270 e. The van der Waals surface area contributed by atoms with E-state index in [9.17, 15) is 18.5 Å². The summed E-state index contributed by atoms with van der Waals surface area (Å²) in [5.74, 6) is 0.902. The molecule has 0 aliphatic heterocycles. The summed E-state index contributed by atoms with van der Waals surface area (Å²) in [6, 6.07) is 10.2. The molecule has 30 heavy (non-hydrogen) atoms. The quantitative estimate of drug-likeness (QED) is 0.155. The van der Waals surface area contributed by atoms with Crippen LogP contribution in [0.4, 0.5) is 5.69 Å². The Kier molecular flexibility index (Phi) is 7.14. The number of unbranched alkanes of at least 4 members (excludes halogenated alkanes) is 1. The highest BCUT2D eigenvalue weighted by molar-refractivity contribution is 9.09. The number of non-ortho nitro benzene ring substituents is 1. The van der Waals surface area contributed by atoms with Crippen LogP contribution < -0.4 is 4.74 Å². The fraction of sp³-hybridized carbons (Fsp3) is 0.333. The van der Waals surface area contributed by atoms with E-state index in [1.54, 1.807) is 12.1 Å². The molecule has 0 aliphatic carbocycles. The predicted octanol–water partition coefficient (Wildman–Crippen LogP) is 5.68. The molecule has 1 aromatic heterocycles. The lowest BCUT2D eigenvalue weighted by molar-refractivity contribution is -0.384. The highest BCUT2D eigenvalue weighted by atomic mass is 79.9. The first-order valence-corrected chi connectivity index (χ1v) is 12.2. The van der Waals surface area contributed by atoms with Gasteiger partial charge in [-0.1, -0.05) is 29.3 Å². The van der Waals surface area contributed by atoms with Crippen molar-refractivity contribution in [2.24, 2.45) is 0 Å². The van der Waals surface area contributed by atoms with E-state index in [1.165, 1.54) is 30.3 Å². The zero-order valence-corrected chi connectivity index (χ0v) is 18.9. The van der Waals surface area contributed by atoms with Crippen LogP contribution >= 0.6 is 15.9 Å². The number of nitro benzene ring substituents is 1. The molecule has 0 saturated carbocycles. The fourth-order valence-electron chi connectivity index (χ4n) is 3.10. The van der Waals surface area contributed by atoms with Crippen LogP contribution in [0.25, 0.3) is 11.0 Å². The van der Waals surface area contributed by atoms with E-state index in [0.717, 1.165) is 24.6 Å². The maximum atomic E-state index is 13.5. The van der Waals surface area contributed by atoms with Gasteiger partial charge in [0.1, 0.15) is 22.0 Å². The molecule has 0 bridgehead atoms. The number of sulfone groups is 1. The van der Waals surface area contributed by atoms with Gasteiger partial charge in [0.2, 0.25) is 9.84 Å². The van der Waals surface area contributed by atoms with E-state index in [0.29, 0.717) is 30.1 Å². The molecule has 0 saturated heterocycles. The van der Waals surface area contributed by atoms with Crippen molar-refractivity contribution in [1.29, 1.82) is 0 Å². The number of halogens is 1. The number of rotatable bonds is 10. The lowest BCUT2D eigenvalue weighted by atomic mass is 10.2. The smallest absolute Gasteiger partial charge is 0.270 e. The third-order valence-electron chi connectivity index (χ3n) is 4.61. The first-order chi connectivity index (χ1) is 14.4. The number of aryl methyl sites for hydroxylation is 1. The van der Waals surface area contributed by atoms with Crippen molar-refractivity contribution in [3.8, 4) is 5.75 Å². The summed E-state index contributed by atoms with van der Waals surface area (Å²) in [4.78, 5) is 10.7. The lowest BCUT2D eigenvalue weighted by Gasteiger charge is -2.08. The minimum atomic E-state index is -3.95. The number of furan rings is 1. The van der Waals surface area contributed by atoms with Crippen molar-refractivity contribution in [2.75, 3.05) is 11.9 Å². The molecule has 0 radical (unpaired) electrons. The number of alkyl halides is 1. The van der Waals surface area contributed by atoms with Gasteiger partial charge < -0.3 is 9.15 Å². The summed E-state index contributed by atoms with van der Waals surface area (Å²) in [6.45, 7) is 2.52. The lowest BCUT2D eigenvalue weighted by Crippen LogP contribution is -2.05. The zero-order valence-electron chi connectivity index (χ0n) is 16.5. The van der Waals surface area contributed by atoms with Gasteiger partial charge in [-0.25, -0.2) is 8.42 Å². The monoisotopic (exact) mass is 495 g/mol. The van der Waals surface area contributed by atoms with E-state index in [4.69, 9.17) is 9.15 Å². The van der Waals surface area contributed by atoms with E-state index in [2.05, 4.69) is 15.9 Å². The minimum Gasteiger partial charge on any atom is -0.494 e. The van der Waals surface area contributed by atoms with Crippen LogP contribution in [-0.4, -0.2) is 25.3 Å². The third-order valence-corrected chi connectivity index (χ3v) is 7.05.